The van der Waals surface area contributed by atoms with E-state index in [1.54, 1.807) is 18.2 Å². The van der Waals surface area contributed by atoms with Crippen molar-refractivity contribution in [2.75, 3.05) is 14.2 Å². The van der Waals surface area contributed by atoms with Gasteiger partial charge in [0.15, 0.2) is 0 Å². The normalized spacial score (nSPS) is 10.8. The lowest BCUT2D eigenvalue weighted by Gasteiger charge is -2.15. The number of carboxylic acids is 1. The number of aromatic nitrogens is 2. The number of fused-ring (bicyclic) bond motifs is 1. The summed E-state index contributed by atoms with van der Waals surface area (Å²) in [5.74, 6) is -0.480. The van der Waals surface area contributed by atoms with E-state index in [-0.39, 0.29) is 5.56 Å². The van der Waals surface area contributed by atoms with Gasteiger partial charge < -0.3 is 19.6 Å². The van der Waals surface area contributed by atoms with Crippen molar-refractivity contribution in [1.82, 2.24) is 9.97 Å². The van der Waals surface area contributed by atoms with E-state index in [1.165, 1.54) is 20.3 Å². The summed E-state index contributed by atoms with van der Waals surface area (Å²) in [6, 6.07) is 6.40. The highest BCUT2D eigenvalue weighted by Crippen LogP contribution is 2.36. The predicted molar refractivity (Wildman–Crippen MR) is 95.9 cm³/mol. The lowest BCUT2D eigenvalue weighted by molar-refractivity contribution is 0.0596. The van der Waals surface area contributed by atoms with Crippen LogP contribution in [0.2, 0.25) is 0 Å². The summed E-state index contributed by atoms with van der Waals surface area (Å²) >= 11 is 0. The van der Waals surface area contributed by atoms with Crippen molar-refractivity contribution in [2.45, 2.75) is 13.8 Å². The van der Waals surface area contributed by atoms with Crippen LogP contribution in [0, 0.1) is 13.8 Å². The van der Waals surface area contributed by atoms with Crippen LogP contribution in [0.5, 0.6) is 5.75 Å². The number of esters is 1. The third-order valence-corrected chi connectivity index (χ3v) is 4.29. The van der Waals surface area contributed by atoms with Crippen LogP contribution in [0.4, 0.5) is 0 Å². The van der Waals surface area contributed by atoms with Crippen LogP contribution in [0.15, 0.2) is 24.3 Å². The number of aromatic amines is 1. The Kier molecular flexibility index (Phi) is 4.38. The topological polar surface area (TPSA) is 102 Å². The maximum Gasteiger partial charge on any atom is 0.341 e. The molecule has 0 spiro atoms. The van der Waals surface area contributed by atoms with E-state index in [9.17, 15) is 9.59 Å². The van der Waals surface area contributed by atoms with E-state index < -0.39 is 11.9 Å². The first-order valence-electron chi connectivity index (χ1n) is 7.87. The van der Waals surface area contributed by atoms with Gasteiger partial charge in [0, 0.05) is 11.1 Å². The van der Waals surface area contributed by atoms with E-state index in [0.29, 0.717) is 28.2 Å². The summed E-state index contributed by atoms with van der Waals surface area (Å²) < 4.78 is 10.2. The Morgan fingerprint density at radius 2 is 1.88 bits per heavy atom. The number of methoxy groups -OCH3 is 2. The number of carboxylic acid groups (broad SMARTS) is 1. The number of nitrogens with one attached hydrogen (secondary N) is 1. The molecule has 0 bridgehead atoms. The van der Waals surface area contributed by atoms with Gasteiger partial charge in [0.25, 0.3) is 0 Å². The maximum atomic E-state index is 12.0. The van der Waals surface area contributed by atoms with Gasteiger partial charge in [-0.05, 0) is 43.7 Å². The van der Waals surface area contributed by atoms with E-state index in [2.05, 4.69) is 9.97 Å². The first-order chi connectivity index (χ1) is 12.4. The minimum Gasteiger partial charge on any atom is -0.496 e. The number of imidazole rings is 1. The summed E-state index contributed by atoms with van der Waals surface area (Å²) in [6.07, 6.45) is 0. The lowest BCUT2D eigenvalue weighted by atomic mass is 9.97. The molecule has 0 amide bonds. The Balaban J connectivity index is 2.22. The molecule has 0 radical (unpaired) electrons. The molecule has 1 aromatic heterocycles. The average Bonchev–Trinajstić information content (AvgIpc) is 3.02. The fourth-order valence-corrected chi connectivity index (χ4v) is 3.12. The molecule has 134 valence electrons. The molecule has 3 aromatic rings. The first-order valence-corrected chi connectivity index (χ1v) is 7.87. The van der Waals surface area contributed by atoms with Crippen LogP contribution in [-0.2, 0) is 4.74 Å². The summed E-state index contributed by atoms with van der Waals surface area (Å²) in [5.41, 5.74) is 4.15. The Morgan fingerprint density at radius 3 is 2.50 bits per heavy atom. The van der Waals surface area contributed by atoms with Gasteiger partial charge in [0.2, 0.25) is 0 Å². The van der Waals surface area contributed by atoms with Crippen molar-refractivity contribution in [1.29, 1.82) is 0 Å². The maximum absolute atomic E-state index is 12.0. The van der Waals surface area contributed by atoms with Crippen LogP contribution in [0.25, 0.3) is 22.4 Å². The van der Waals surface area contributed by atoms with Crippen molar-refractivity contribution < 1.29 is 24.2 Å². The second kappa shape index (κ2) is 6.51. The number of nitrogens with zero attached hydrogens (tertiary/aromatic N) is 1. The molecule has 7 nitrogen and oxygen atoms in total. The first kappa shape index (κ1) is 17.5. The van der Waals surface area contributed by atoms with Crippen LogP contribution in [0.3, 0.4) is 0 Å². The summed E-state index contributed by atoms with van der Waals surface area (Å²) in [4.78, 5) is 30.9. The molecule has 0 unspecified atom stereocenters. The van der Waals surface area contributed by atoms with Crippen LogP contribution in [0.1, 0.15) is 31.8 Å². The molecule has 0 saturated carbocycles. The van der Waals surface area contributed by atoms with Gasteiger partial charge in [-0.25, -0.2) is 14.6 Å². The van der Waals surface area contributed by atoms with Gasteiger partial charge >= 0.3 is 11.9 Å². The molecule has 0 aliphatic carbocycles. The van der Waals surface area contributed by atoms with Crippen molar-refractivity contribution in [3.63, 3.8) is 0 Å². The Labute approximate surface area is 149 Å². The summed E-state index contributed by atoms with van der Waals surface area (Å²) in [7, 11) is 2.81. The molecule has 0 aliphatic rings. The van der Waals surface area contributed by atoms with E-state index >= 15 is 0 Å². The third kappa shape index (κ3) is 2.77. The van der Waals surface area contributed by atoms with Crippen LogP contribution in [-0.4, -0.2) is 41.2 Å². The summed E-state index contributed by atoms with van der Waals surface area (Å²) in [6.45, 7) is 3.70. The molecule has 3 rings (SSSR count). The number of carbonyl (C=O) groups excluding carboxylic acids is 1. The van der Waals surface area contributed by atoms with Crippen LogP contribution >= 0.6 is 0 Å². The highest BCUT2D eigenvalue weighted by atomic mass is 16.5. The number of hydrogen-bond acceptors (Lipinski definition) is 5. The summed E-state index contributed by atoms with van der Waals surface area (Å²) in [5, 5.41) is 9.14. The largest absolute Gasteiger partial charge is 0.496 e. The van der Waals surface area contributed by atoms with E-state index in [4.69, 9.17) is 14.6 Å². The van der Waals surface area contributed by atoms with Gasteiger partial charge in [0.1, 0.15) is 17.1 Å². The predicted octanol–water partition coefficient (Wildman–Crippen LogP) is 3.34. The number of H-pyrrole nitrogens is 1. The minimum absolute atomic E-state index is 0.180. The zero-order valence-electron chi connectivity index (χ0n) is 14.8. The second-order valence-electron chi connectivity index (χ2n) is 5.89. The number of aromatic carboxylic acids is 1. The number of carbonyl (C=O) groups is 2. The van der Waals surface area contributed by atoms with Crippen LogP contribution < -0.4 is 4.74 Å². The van der Waals surface area contributed by atoms with Crippen molar-refractivity contribution in [3.8, 4) is 17.1 Å². The van der Waals surface area contributed by atoms with Gasteiger partial charge in [-0.1, -0.05) is 0 Å². The molecule has 1 heterocycles. The number of aryl methyl sites for hydroxylation is 1. The molecule has 2 N–H and O–H groups in total. The second-order valence-corrected chi connectivity index (χ2v) is 5.89. The number of benzene rings is 2. The lowest BCUT2D eigenvalue weighted by Crippen LogP contribution is -2.07. The molecular weight excluding hydrogens is 336 g/mol. The zero-order valence-corrected chi connectivity index (χ0v) is 14.8. The zero-order chi connectivity index (χ0) is 19.0. The van der Waals surface area contributed by atoms with Gasteiger partial charge in [-0.3, -0.25) is 0 Å². The highest BCUT2D eigenvalue weighted by molar-refractivity contribution is 5.96. The molecule has 7 heteroatoms. The average molecular weight is 354 g/mol. The molecule has 0 fully saturated rings. The van der Waals surface area contributed by atoms with Crippen molar-refractivity contribution >= 4 is 23.0 Å². The van der Waals surface area contributed by atoms with Crippen molar-refractivity contribution in [3.05, 3.63) is 46.5 Å². The SMILES string of the molecule is COC(=O)c1cc(C)c(-c2nc3ccc(C(=O)O)cc3[nH]2)c(C)c1OC. The van der Waals surface area contributed by atoms with Crippen molar-refractivity contribution in [2.24, 2.45) is 0 Å². The quantitative estimate of drug-likeness (QED) is 0.697. The Bertz CT molecular complexity index is 1040. The van der Waals surface area contributed by atoms with Gasteiger partial charge in [0.05, 0.1) is 30.8 Å². The van der Waals surface area contributed by atoms with Gasteiger partial charge in [-0.15, -0.1) is 0 Å². The third-order valence-electron chi connectivity index (χ3n) is 4.29. The minimum atomic E-state index is -1.00. The Hall–Kier alpha value is -3.35. The smallest absolute Gasteiger partial charge is 0.341 e. The standard InChI is InChI=1S/C19H18N2O5/c1-9-7-12(19(24)26-4)16(25-3)10(2)15(9)17-20-13-6-5-11(18(22)23)8-14(13)21-17/h5-8H,1-4H3,(H,20,21)(H,22,23). The highest BCUT2D eigenvalue weighted by Gasteiger charge is 2.22. The fraction of sp³-hybridized carbons (Fsp3) is 0.211. The monoisotopic (exact) mass is 354 g/mol. The number of rotatable bonds is 4. The van der Waals surface area contributed by atoms with E-state index in [0.717, 1.165) is 16.7 Å². The fourth-order valence-electron chi connectivity index (χ4n) is 3.12. The molecule has 0 atom stereocenters. The molecule has 26 heavy (non-hydrogen) atoms. The van der Waals surface area contributed by atoms with Gasteiger partial charge in [-0.2, -0.15) is 0 Å². The Morgan fingerprint density at radius 1 is 1.15 bits per heavy atom. The number of ether oxygens (including phenoxy) is 2. The molecule has 2 aromatic carbocycles. The molecule has 0 saturated heterocycles. The van der Waals surface area contributed by atoms with E-state index in [1.807, 2.05) is 13.8 Å². The molecular formula is C19H18N2O5. The molecule has 0 aliphatic heterocycles. The number of hydrogen-bond donors (Lipinski definition) is 2.